The van der Waals surface area contributed by atoms with Gasteiger partial charge in [-0.1, -0.05) is 20.8 Å². The molecule has 1 N–H and O–H groups in total. The number of rotatable bonds is 1. The highest BCUT2D eigenvalue weighted by atomic mass is 16.3. The summed E-state index contributed by atoms with van der Waals surface area (Å²) >= 11 is 0. The molecule has 0 aromatic rings. The first-order valence-corrected chi connectivity index (χ1v) is 7.13. The summed E-state index contributed by atoms with van der Waals surface area (Å²) in [4.78, 5) is 0. The van der Waals surface area contributed by atoms with E-state index in [-0.39, 0.29) is 5.60 Å². The molecule has 0 bridgehead atoms. The van der Waals surface area contributed by atoms with Crippen molar-refractivity contribution >= 4 is 0 Å². The number of aliphatic hydroxyl groups is 1. The molecule has 3 rings (SSSR count). The maximum atomic E-state index is 10.5. The van der Waals surface area contributed by atoms with Crippen molar-refractivity contribution in [3.8, 4) is 0 Å². The summed E-state index contributed by atoms with van der Waals surface area (Å²) < 4.78 is 0. The number of fused-ring (bicyclic) bond motifs is 1. The maximum absolute atomic E-state index is 10.5. The van der Waals surface area contributed by atoms with Gasteiger partial charge in [0.2, 0.25) is 0 Å². The molecule has 92 valence electrons. The molecular formula is C15H26O. The summed E-state index contributed by atoms with van der Waals surface area (Å²) in [6, 6.07) is 0. The van der Waals surface area contributed by atoms with Crippen LogP contribution in [-0.4, -0.2) is 10.7 Å². The minimum Gasteiger partial charge on any atom is -0.390 e. The quantitative estimate of drug-likeness (QED) is 0.720. The highest BCUT2D eigenvalue weighted by Crippen LogP contribution is 2.80. The fourth-order valence-electron chi connectivity index (χ4n) is 5.57. The molecule has 3 saturated carbocycles. The Bertz CT molecular complexity index is 307. The van der Waals surface area contributed by atoms with E-state index in [1.807, 2.05) is 0 Å². The van der Waals surface area contributed by atoms with E-state index in [0.29, 0.717) is 11.3 Å². The van der Waals surface area contributed by atoms with Gasteiger partial charge in [0.1, 0.15) is 0 Å². The second-order valence-corrected chi connectivity index (χ2v) is 7.36. The van der Waals surface area contributed by atoms with Gasteiger partial charge in [-0.15, -0.1) is 0 Å². The molecule has 0 heterocycles. The van der Waals surface area contributed by atoms with E-state index in [1.54, 1.807) is 0 Å². The fraction of sp³-hybridized carbons (Fsp3) is 1.00. The Morgan fingerprint density at radius 1 is 1.19 bits per heavy atom. The molecule has 0 radical (unpaired) electrons. The summed E-state index contributed by atoms with van der Waals surface area (Å²) in [6.07, 6.45) is 5.13. The van der Waals surface area contributed by atoms with Crippen LogP contribution in [0.25, 0.3) is 0 Å². The molecule has 6 atom stereocenters. The Morgan fingerprint density at radius 2 is 1.88 bits per heavy atom. The first-order chi connectivity index (χ1) is 7.41. The topological polar surface area (TPSA) is 20.2 Å². The molecule has 0 unspecified atom stereocenters. The Labute approximate surface area is 99.6 Å². The van der Waals surface area contributed by atoms with E-state index in [4.69, 9.17) is 0 Å². The van der Waals surface area contributed by atoms with Gasteiger partial charge in [0.25, 0.3) is 0 Å². The zero-order valence-corrected chi connectivity index (χ0v) is 11.2. The molecule has 16 heavy (non-hydrogen) atoms. The number of hydrogen-bond donors (Lipinski definition) is 1. The smallest absolute Gasteiger partial charge is 0.0656 e. The van der Waals surface area contributed by atoms with Gasteiger partial charge < -0.3 is 5.11 Å². The molecule has 1 spiro atoms. The van der Waals surface area contributed by atoms with Crippen molar-refractivity contribution in [2.45, 2.75) is 59.0 Å². The van der Waals surface area contributed by atoms with E-state index < -0.39 is 0 Å². The van der Waals surface area contributed by atoms with Gasteiger partial charge in [-0.2, -0.15) is 0 Å². The Morgan fingerprint density at radius 3 is 2.50 bits per heavy atom. The van der Waals surface area contributed by atoms with Crippen LogP contribution in [0.2, 0.25) is 0 Å². The van der Waals surface area contributed by atoms with Crippen LogP contribution in [-0.2, 0) is 0 Å². The molecule has 0 aromatic carbocycles. The molecule has 0 aliphatic heterocycles. The molecule has 3 fully saturated rings. The highest BCUT2D eigenvalue weighted by molar-refractivity contribution is 5.26. The molecule has 1 heteroatoms. The molecule has 0 saturated heterocycles. The van der Waals surface area contributed by atoms with E-state index in [2.05, 4.69) is 27.7 Å². The van der Waals surface area contributed by atoms with Crippen LogP contribution in [0.1, 0.15) is 53.4 Å². The Hall–Kier alpha value is -0.0400. The average Bonchev–Trinajstić information content (AvgIpc) is 2.79. The third kappa shape index (κ3) is 1.11. The molecular weight excluding hydrogens is 196 g/mol. The van der Waals surface area contributed by atoms with Gasteiger partial charge >= 0.3 is 0 Å². The average molecular weight is 222 g/mol. The molecule has 3 aliphatic rings. The van der Waals surface area contributed by atoms with E-state index in [0.717, 1.165) is 30.1 Å². The lowest BCUT2D eigenvalue weighted by Gasteiger charge is -2.36. The van der Waals surface area contributed by atoms with Gasteiger partial charge in [-0.25, -0.2) is 0 Å². The SMILES string of the molecule is CC(C)[C@H]1CC[C@@H](C)[C@@]23CC[C@](C)(O)[C@@H]2[C@@H]13. The Balaban J connectivity index is 1.92. The molecule has 0 aromatic heterocycles. The van der Waals surface area contributed by atoms with Crippen LogP contribution in [0, 0.1) is 35.0 Å². The fourth-order valence-corrected chi connectivity index (χ4v) is 5.57. The van der Waals surface area contributed by atoms with Crippen LogP contribution in [0.3, 0.4) is 0 Å². The summed E-state index contributed by atoms with van der Waals surface area (Å²) in [6.45, 7) is 9.27. The van der Waals surface area contributed by atoms with Crippen molar-refractivity contribution in [3.63, 3.8) is 0 Å². The van der Waals surface area contributed by atoms with Crippen molar-refractivity contribution in [2.24, 2.45) is 35.0 Å². The lowest BCUT2D eigenvalue weighted by atomic mass is 9.69. The van der Waals surface area contributed by atoms with Crippen molar-refractivity contribution in [1.82, 2.24) is 0 Å². The number of hydrogen-bond acceptors (Lipinski definition) is 1. The normalized spacial score (nSPS) is 59.6. The van der Waals surface area contributed by atoms with Gasteiger partial charge in [-0.3, -0.25) is 0 Å². The van der Waals surface area contributed by atoms with Crippen molar-refractivity contribution in [1.29, 1.82) is 0 Å². The highest BCUT2D eigenvalue weighted by Gasteiger charge is 2.77. The summed E-state index contributed by atoms with van der Waals surface area (Å²) in [5.41, 5.74) is 0.201. The van der Waals surface area contributed by atoms with Crippen LogP contribution in [0.5, 0.6) is 0 Å². The summed E-state index contributed by atoms with van der Waals surface area (Å²) in [5.74, 6) is 4.01. The lowest BCUT2D eigenvalue weighted by molar-refractivity contribution is 0.0291. The standard InChI is InChI=1S/C15H26O/c1-9(2)11-6-5-10(3)15-8-7-14(4,16)13(15)12(11)15/h9-13,16H,5-8H2,1-4H3/t10-,11-,12-,13+,14+,15-/m1/s1. The van der Waals surface area contributed by atoms with E-state index in [1.165, 1.54) is 19.3 Å². The monoisotopic (exact) mass is 222 g/mol. The Kier molecular flexibility index (Phi) is 2.11. The van der Waals surface area contributed by atoms with Gasteiger partial charge in [0.05, 0.1) is 5.60 Å². The van der Waals surface area contributed by atoms with Gasteiger partial charge in [0.15, 0.2) is 0 Å². The van der Waals surface area contributed by atoms with Crippen LogP contribution in [0.4, 0.5) is 0 Å². The first-order valence-electron chi connectivity index (χ1n) is 7.13. The summed E-state index contributed by atoms with van der Waals surface area (Å²) in [5, 5.41) is 10.5. The lowest BCUT2D eigenvalue weighted by Crippen LogP contribution is -2.30. The maximum Gasteiger partial charge on any atom is 0.0656 e. The first kappa shape index (κ1) is 11.1. The molecule has 1 nitrogen and oxygen atoms in total. The minimum atomic E-state index is -0.351. The van der Waals surface area contributed by atoms with Crippen molar-refractivity contribution in [2.75, 3.05) is 0 Å². The second kappa shape index (κ2) is 3.04. The predicted octanol–water partition coefficient (Wildman–Crippen LogP) is 3.47. The third-order valence-electron chi connectivity index (χ3n) is 6.35. The van der Waals surface area contributed by atoms with Crippen molar-refractivity contribution in [3.05, 3.63) is 0 Å². The summed E-state index contributed by atoms with van der Waals surface area (Å²) in [7, 11) is 0. The van der Waals surface area contributed by atoms with Crippen LogP contribution < -0.4 is 0 Å². The van der Waals surface area contributed by atoms with E-state index in [9.17, 15) is 5.11 Å². The van der Waals surface area contributed by atoms with Crippen LogP contribution >= 0.6 is 0 Å². The largest absolute Gasteiger partial charge is 0.390 e. The van der Waals surface area contributed by atoms with E-state index >= 15 is 0 Å². The third-order valence-corrected chi connectivity index (χ3v) is 6.35. The van der Waals surface area contributed by atoms with Gasteiger partial charge in [-0.05, 0) is 67.6 Å². The predicted molar refractivity (Wildman–Crippen MR) is 66.0 cm³/mol. The molecule has 3 aliphatic carbocycles. The molecule has 0 amide bonds. The second-order valence-electron chi connectivity index (χ2n) is 7.36. The van der Waals surface area contributed by atoms with Crippen LogP contribution in [0.15, 0.2) is 0 Å². The zero-order valence-electron chi connectivity index (χ0n) is 11.2. The minimum absolute atomic E-state index is 0.351. The zero-order chi connectivity index (χ0) is 11.7. The van der Waals surface area contributed by atoms with Crippen molar-refractivity contribution < 1.29 is 5.11 Å². The van der Waals surface area contributed by atoms with Gasteiger partial charge in [0, 0.05) is 0 Å².